The molecule has 18 heavy (non-hydrogen) atoms. The summed E-state index contributed by atoms with van der Waals surface area (Å²) in [7, 11) is -3.29. The van der Waals surface area contributed by atoms with Crippen molar-refractivity contribution in [2.45, 2.75) is 11.8 Å². The van der Waals surface area contributed by atoms with E-state index in [0.717, 1.165) is 14.0 Å². The summed E-state index contributed by atoms with van der Waals surface area (Å²) in [5.74, 6) is -0.960. The van der Waals surface area contributed by atoms with E-state index in [-0.39, 0.29) is 9.20 Å². The lowest BCUT2D eigenvalue weighted by Crippen LogP contribution is -2.40. The van der Waals surface area contributed by atoms with Gasteiger partial charge in [0.05, 0.1) is 12.0 Å². The molecule has 0 aliphatic rings. The maximum atomic E-state index is 12.0. The maximum Gasteiger partial charge on any atom is 0.430 e. The van der Waals surface area contributed by atoms with Gasteiger partial charge in [0.15, 0.2) is 0 Å². The van der Waals surface area contributed by atoms with Crippen LogP contribution in [0.1, 0.15) is 6.92 Å². The van der Waals surface area contributed by atoms with Crippen molar-refractivity contribution < 1.29 is 22.7 Å². The highest BCUT2D eigenvalue weighted by Gasteiger charge is 2.33. The van der Waals surface area contributed by atoms with Gasteiger partial charge in [0.1, 0.15) is 0 Å². The van der Waals surface area contributed by atoms with E-state index in [2.05, 4.69) is 4.74 Å². The summed E-state index contributed by atoms with van der Waals surface area (Å²) in [6.07, 6.45) is -1.26. The fourth-order valence-electron chi connectivity index (χ4n) is 1.22. The summed E-state index contributed by atoms with van der Waals surface area (Å²) in [6, 6.07) is 5.10. The quantitative estimate of drug-likeness (QED) is 0.789. The SMILES string of the molecule is COC(=O)N(C(C)=O)S(=O)(=O)c1ccc(N)cc1. The second-order valence-electron chi connectivity index (χ2n) is 3.33. The Balaban J connectivity index is 3.30. The van der Waals surface area contributed by atoms with Crippen molar-refractivity contribution in [1.82, 2.24) is 4.31 Å². The van der Waals surface area contributed by atoms with E-state index >= 15 is 0 Å². The molecule has 7 nitrogen and oxygen atoms in total. The first-order valence-electron chi connectivity index (χ1n) is 4.80. The average Bonchev–Trinajstić information content (AvgIpc) is 2.28. The van der Waals surface area contributed by atoms with Gasteiger partial charge < -0.3 is 10.5 Å². The Morgan fingerprint density at radius 2 is 1.72 bits per heavy atom. The first-order chi connectivity index (χ1) is 8.30. The lowest BCUT2D eigenvalue weighted by molar-refractivity contribution is -0.123. The molecule has 0 radical (unpaired) electrons. The highest BCUT2D eigenvalue weighted by atomic mass is 32.2. The lowest BCUT2D eigenvalue weighted by atomic mass is 10.3. The monoisotopic (exact) mass is 272 g/mol. The third kappa shape index (κ3) is 2.59. The van der Waals surface area contributed by atoms with Gasteiger partial charge in [0.25, 0.3) is 10.0 Å². The number of nitrogens with zero attached hydrogens (tertiary/aromatic N) is 1. The van der Waals surface area contributed by atoms with E-state index in [1.165, 1.54) is 24.3 Å². The molecule has 1 rings (SSSR count). The van der Waals surface area contributed by atoms with Crippen LogP contribution in [-0.2, 0) is 19.6 Å². The molecule has 0 bridgehead atoms. The number of anilines is 1. The van der Waals surface area contributed by atoms with Crippen molar-refractivity contribution in [3.63, 3.8) is 0 Å². The van der Waals surface area contributed by atoms with E-state index in [1.54, 1.807) is 0 Å². The van der Waals surface area contributed by atoms with Crippen LogP contribution in [-0.4, -0.2) is 31.8 Å². The van der Waals surface area contributed by atoms with Gasteiger partial charge in [-0.25, -0.2) is 13.2 Å². The molecule has 2 N–H and O–H groups in total. The number of sulfonamides is 1. The Morgan fingerprint density at radius 3 is 2.11 bits per heavy atom. The number of imide groups is 1. The van der Waals surface area contributed by atoms with Crippen LogP contribution < -0.4 is 5.73 Å². The summed E-state index contributed by atoms with van der Waals surface area (Å²) in [6.45, 7) is 0.950. The van der Waals surface area contributed by atoms with Crippen LogP contribution in [0.15, 0.2) is 29.2 Å². The van der Waals surface area contributed by atoms with Gasteiger partial charge in [-0.15, -0.1) is 4.31 Å². The van der Waals surface area contributed by atoms with Crippen molar-refractivity contribution in [1.29, 1.82) is 0 Å². The molecule has 98 valence electrons. The minimum absolute atomic E-state index is 0.0541. The molecule has 0 aliphatic heterocycles. The summed E-state index contributed by atoms with van der Waals surface area (Å²) in [5, 5.41) is 0. The second kappa shape index (κ2) is 5.05. The van der Waals surface area contributed by atoms with Gasteiger partial charge in [-0.3, -0.25) is 4.79 Å². The van der Waals surface area contributed by atoms with Gasteiger partial charge in [-0.1, -0.05) is 0 Å². The fourth-order valence-corrected chi connectivity index (χ4v) is 2.52. The van der Waals surface area contributed by atoms with E-state index < -0.39 is 22.0 Å². The molecule has 0 saturated heterocycles. The van der Waals surface area contributed by atoms with Gasteiger partial charge >= 0.3 is 6.09 Å². The number of hydrogen-bond acceptors (Lipinski definition) is 6. The zero-order chi connectivity index (χ0) is 13.9. The number of carbonyl (C=O) groups excluding carboxylic acids is 2. The third-order valence-corrected chi connectivity index (χ3v) is 3.80. The number of rotatable bonds is 2. The largest absolute Gasteiger partial charge is 0.452 e. The fraction of sp³-hybridized carbons (Fsp3) is 0.200. The minimum atomic E-state index is -4.27. The van der Waals surface area contributed by atoms with E-state index in [9.17, 15) is 18.0 Å². The minimum Gasteiger partial charge on any atom is -0.452 e. The molecule has 0 heterocycles. The molecular weight excluding hydrogens is 260 g/mol. The molecule has 0 aromatic heterocycles. The number of benzene rings is 1. The van der Waals surface area contributed by atoms with Gasteiger partial charge in [0, 0.05) is 12.6 Å². The summed E-state index contributed by atoms with van der Waals surface area (Å²) in [4.78, 5) is 22.3. The summed E-state index contributed by atoms with van der Waals surface area (Å²) >= 11 is 0. The van der Waals surface area contributed by atoms with Crippen LogP contribution in [0, 0.1) is 0 Å². The normalized spacial score (nSPS) is 10.8. The number of nitrogen functional groups attached to an aromatic ring is 1. The second-order valence-corrected chi connectivity index (χ2v) is 5.11. The van der Waals surface area contributed by atoms with Crippen LogP contribution in [0.5, 0.6) is 0 Å². The molecule has 0 spiro atoms. The highest BCUT2D eigenvalue weighted by molar-refractivity contribution is 7.90. The van der Waals surface area contributed by atoms with Crippen LogP contribution in [0.4, 0.5) is 10.5 Å². The summed E-state index contributed by atoms with van der Waals surface area (Å²) in [5.41, 5.74) is 5.79. The van der Waals surface area contributed by atoms with Crippen LogP contribution in [0.25, 0.3) is 0 Å². The number of nitrogens with two attached hydrogens (primary N) is 1. The zero-order valence-electron chi connectivity index (χ0n) is 9.78. The molecule has 0 atom stereocenters. The molecule has 0 fully saturated rings. The zero-order valence-corrected chi connectivity index (χ0v) is 10.6. The Hall–Kier alpha value is -2.09. The lowest BCUT2D eigenvalue weighted by Gasteiger charge is -2.17. The van der Waals surface area contributed by atoms with Crippen molar-refractivity contribution in [2.75, 3.05) is 12.8 Å². The van der Waals surface area contributed by atoms with Gasteiger partial charge in [-0.05, 0) is 24.3 Å². The number of amides is 2. The molecule has 0 unspecified atom stereocenters. The first-order valence-corrected chi connectivity index (χ1v) is 6.24. The van der Waals surface area contributed by atoms with Crippen molar-refractivity contribution in [2.24, 2.45) is 0 Å². The third-order valence-electron chi connectivity index (χ3n) is 2.04. The van der Waals surface area contributed by atoms with Crippen molar-refractivity contribution in [3.05, 3.63) is 24.3 Å². The van der Waals surface area contributed by atoms with Gasteiger partial charge in [-0.2, -0.15) is 0 Å². The van der Waals surface area contributed by atoms with E-state index in [0.29, 0.717) is 5.69 Å². The Labute approximate surface area is 104 Å². The number of methoxy groups -OCH3 is 1. The average molecular weight is 272 g/mol. The molecule has 2 amide bonds. The maximum absolute atomic E-state index is 12.0. The topological polar surface area (TPSA) is 107 Å². The Kier molecular flexibility index (Phi) is 3.92. The van der Waals surface area contributed by atoms with Gasteiger partial charge in [0.2, 0.25) is 5.91 Å². The highest BCUT2D eigenvalue weighted by Crippen LogP contribution is 2.18. The molecule has 0 aliphatic carbocycles. The predicted octanol–water partition coefficient (Wildman–Crippen LogP) is 0.572. The molecule has 1 aromatic carbocycles. The van der Waals surface area contributed by atoms with E-state index in [1.807, 2.05) is 0 Å². The van der Waals surface area contributed by atoms with Crippen LogP contribution in [0.2, 0.25) is 0 Å². The molecule has 1 aromatic rings. The summed E-state index contributed by atoms with van der Waals surface area (Å²) < 4.78 is 28.4. The van der Waals surface area contributed by atoms with Crippen LogP contribution in [0.3, 0.4) is 0 Å². The van der Waals surface area contributed by atoms with Crippen molar-refractivity contribution in [3.8, 4) is 0 Å². The number of hydrogen-bond donors (Lipinski definition) is 1. The Morgan fingerprint density at radius 1 is 1.22 bits per heavy atom. The number of ether oxygens (including phenoxy) is 1. The standard InChI is InChI=1S/C10H12N2O5S/c1-7(13)12(10(14)17-2)18(15,16)9-5-3-8(11)4-6-9/h3-6H,11H2,1-2H3. The Bertz CT molecular complexity index is 564. The number of carbonyl (C=O) groups is 2. The first kappa shape index (κ1) is 14.0. The van der Waals surface area contributed by atoms with E-state index in [4.69, 9.17) is 5.73 Å². The molecule has 8 heteroatoms. The smallest absolute Gasteiger partial charge is 0.430 e. The van der Waals surface area contributed by atoms with Crippen molar-refractivity contribution >= 4 is 27.7 Å². The van der Waals surface area contributed by atoms with Crippen LogP contribution >= 0.6 is 0 Å². The predicted molar refractivity (Wildman–Crippen MR) is 63.0 cm³/mol. The molecule has 0 saturated carbocycles. The molecular formula is C10H12N2O5S.